The predicted molar refractivity (Wildman–Crippen MR) is 93.5 cm³/mol. The van der Waals surface area contributed by atoms with Crippen molar-refractivity contribution in [3.8, 4) is 16.9 Å². The minimum absolute atomic E-state index is 0.101. The fourth-order valence-corrected chi connectivity index (χ4v) is 2.64. The number of pyridine rings is 1. The fraction of sp³-hybridized carbons (Fsp3) is 0. The van der Waals surface area contributed by atoms with Crippen molar-refractivity contribution >= 4 is 17.7 Å². The molecule has 24 heavy (non-hydrogen) atoms. The van der Waals surface area contributed by atoms with Gasteiger partial charge < -0.3 is 10.5 Å². The molecular weight excluding hydrogens is 300 g/mol. The number of ether oxygens (including phenoxy) is 1. The second kappa shape index (κ2) is 5.66. The molecule has 116 valence electrons. The van der Waals surface area contributed by atoms with E-state index in [-0.39, 0.29) is 5.78 Å². The Kier molecular flexibility index (Phi) is 3.35. The molecule has 4 heteroatoms. The zero-order valence-corrected chi connectivity index (χ0v) is 12.8. The summed E-state index contributed by atoms with van der Waals surface area (Å²) in [7, 11) is 0. The van der Waals surface area contributed by atoms with Crippen LogP contribution in [0.1, 0.15) is 15.9 Å². The molecule has 0 atom stereocenters. The van der Waals surface area contributed by atoms with E-state index in [2.05, 4.69) is 4.98 Å². The number of Topliss-reactive ketones (excluding diaryl/α,β-unsaturated/α-hetero) is 1. The van der Waals surface area contributed by atoms with Crippen LogP contribution in [0.3, 0.4) is 0 Å². The van der Waals surface area contributed by atoms with Crippen molar-refractivity contribution in [2.24, 2.45) is 0 Å². The number of hydrogen-bond acceptors (Lipinski definition) is 4. The third kappa shape index (κ3) is 2.54. The van der Waals surface area contributed by atoms with Crippen LogP contribution in [-0.2, 0) is 0 Å². The van der Waals surface area contributed by atoms with E-state index in [1.54, 1.807) is 24.4 Å². The van der Waals surface area contributed by atoms with Gasteiger partial charge >= 0.3 is 0 Å². The number of nitrogen functional groups attached to an aromatic ring is 1. The molecular formula is C20H14N2O2. The fourth-order valence-electron chi connectivity index (χ4n) is 2.64. The molecule has 3 aromatic rings. The Labute approximate surface area is 139 Å². The van der Waals surface area contributed by atoms with Crippen molar-refractivity contribution in [2.75, 3.05) is 5.73 Å². The Hall–Kier alpha value is -3.40. The number of fused-ring (bicyclic) bond motifs is 1. The van der Waals surface area contributed by atoms with Gasteiger partial charge in [0.1, 0.15) is 11.6 Å². The molecule has 2 N–H and O–H groups in total. The van der Waals surface area contributed by atoms with Gasteiger partial charge in [0, 0.05) is 11.8 Å². The van der Waals surface area contributed by atoms with Crippen molar-refractivity contribution in [1.82, 2.24) is 4.98 Å². The molecule has 0 amide bonds. The molecule has 1 aromatic heterocycles. The normalized spacial score (nSPS) is 14.5. The van der Waals surface area contributed by atoms with E-state index in [1.807, 2.05) is 48.5 Å². The summed E-state index contributed by atoms with van der Waals surface area (Å²) in [5.74, 6) is 1.27. The van der Waals surface area contributed by atoms with Gasteiger partial charge in [0.25, 0.3) is 0 Å². The molecule has 1 aliphatic rings. The van der Waals surface area contributed by atoms with E-state index in [9.17, 15) is 4.79 Å². The molecule has 0 fully saturated rings. The first kappa shape index (κ1) is 14.2. The van der Waals surface area contributed by atoms with E-state index in [4.69, 9.17) is 10.5 Å². The van der Waals surface area contributed by atoms with Crippen molar-refractivity contribution < 1.29 is 9.53 Å². The SMILES string of the molecule is Nc1ccc(-c2ccc3c(c2)O/C(=C\c2ccccc2)C3=O)cn1. The number of anilines is 1. The molecule has 0 bridgehead atoms. The number of carbonyl (C=O) groups excluding carboxylic acids is 1. The molecule has 2 aromatic carbocycles. The van der Waals surface area contributed by atoms with Crippen LogP contribution in [0.25, 0.3) is 17.2 Å². The minimum Gasteiger partial charge on any atom is -0.452 e. The third-order valence-electron chi connectivity index (χ3n) is 3.89. The summed E-state index contributed by atoms with van der Waals surface area (Å²) in [5, 5.41) is 0. The van der Waals surface area contributed by atoms with Gasteiger partial charge in [-0.1, -0.05) is 36.4 Å². The van der Waals surface area contributed by atoms with Crippen LogP contribution < -0.4 is 10.5 Å². The van der Waals surface area contributed by atoms with Crippen molar-refractivity contribution in [3.05, 3.63) is 83.7 Å². The molecule has 0 unspecified atom stereocenters. The van der Waals surface area contributed by atoms with Crippen molar-refractivity contribution in [3.63, 3.8) is 0 Å². The van der Waals surface area contributed by atoms with Crippen LogP contribution in [0.2, 0.25) is 0 Å². The van der Waals surface area contributed by atoms with E-state index < -0.39 is 0 Å². The Bertz CT molecular complexity index is 945. The highest BCUT2D eigenvalue weighted by Gasteiger charge is 2.27. The van der Waals surface area contributed by atoms with Crippen LogP contribution in [0.15, 0.2) is 72.6 Å². The standard InChI is InChI=1S/C20H14N2O2/c21-19-9-7-15(12-22-19)14-6-8-16-17(11-14)24-18(20(16)23)10-13-4-2-1-3-5-13/h1-12H,(H2,21,22)/b18-10-. The summed E-state index contributed by atoms with van der Waals surface area (Å²) >= 11 is 0. The first-order chi connectivity index (χ1) is 11.7. The number of ketones is 1. The Balaban J connectivity index is 1.69. The summed E-state index contributed by atoms with van der Waals surface area (Å²) in [4.78, 5) is 16.6. The number of carbonyl (C=O) groups is 1. The van der Waals surface area contributed by atoms with E-state index >= 15 is 0 Å². The summed E-state index contributed by atoms with van der Waals surface area (Å²) in [5.41, 5.74) is 8.96. The average molecular weight is 314 g/mol. The van der Waals surface area contributed by atoms with Gasteiger partial charge in [0.05, 0.1) is 5.56 Å². The van der Waals surface area contributed by atoms with Crippen molar-refractivity contribution in [2.45, 2.75) is 0 Å². The number of benzene rings is 2. The largest absolute Gasteiger partial charge is 0.452 e. The van der Waals surface area contributed by atoms with Crippen molar-refractivity contribution in [1.29, 1.82) is 0 Å². The molecule has 2 heterocycles. The van der Waals surface area contributed by atoms with E-state index in [0.717, 1.165) is 16.7 Å². The predicted octanol–water partition coefficient (Wildman–Crippen LogP) is 3.95. The quantitative estimate of drug-likeness (QED) is 0.727. The Morgan fingerprint density at radius 3 is 2.50 bits per heavy atom. The van der Waals surface area contributed by atoms with Gasteiger partial charge in [0.2, 0.25) is 5.78 Å². The van der Waals surface area contributed by atoms with E-state index in [1.165, 1.54) is 0 Å². The lowest BCUT2D eigenvalue weighted by atomic mass is 10.0. The lowest BCUT2D eigenvalue weighted by molar-refractivity contribution is 0.101. The van der Waals surface area contributed by atoms with Crippen LogP contribution in [0.5, 0.6) is 5.75 Å². The third-order valence-corrected chi connectivity index (χ3v) is 3.89. The topological polar surface area (TPSA) is 65.2 Å². The second-order valence-corrected chi connectivity index (χ2v) is 5.53. The molecule has 0 radical (unpaired) electrons. The van der Waals surface area contributed by atoms with Gasteiger partial charge in [-0.05, 0) is 41.5 Å². The second-order valence-electron chi connectivity index (χ2n) is 5.53. The van der Waals surface area contributed by atoms with Gasteiger partial charge in [0.15, 0.2) is 5.76 Å². The maximum atomic E-state index is 12.5. The first-order valence-electron chi connectivity index (χ1n) is 7.56. The summed E-state index contributed by atoms with van der Waals surface area (Å²) in [6, 6.07) is 18.8. The maximum absolute atomic E-state index is 12.5. The monoisotopic (exact) mass is 314 g/mol. The highest BCUT2D eigenvalue weighted by atomic mass is 16.5. The van der Waals surface area contributed by atoms with Gasteiger partial charge in [-0.3, -0.25) is 4.79 Å². The number of allylic oxidation sites excluding steroid dienone is 1. The lowest BCUT2D eigenvalue weighted by Gasteiger charge is -2.04. The van der Waals surface area contributed by atoms with Gasteiger partial charge in [-0.2, -0.15) is 0 Å². The van der Waals surface area contributed by atoms with Gasteiger partial charge in [-0.25, -0.2) is 4.98 Å². The van der Waals surface area contributed by atoms with E-state index in [0.29, 0.717) is 22.9 Å². The molecule has 4 rings (SSSR count). The van der Waals surface area contributed by atoms with Crippen LogP contribution >= 0.6 is 0 Å². The number of hydrogen-bond donors (Lipinski definition) is 1. The molecule has 4 nitrogen and oxygen atoms in total. The number of nitrogens with two attached hydrogens (primary N) is 1. The van der Waals surface area contributed by atoms with Crippen LogP contribution in [0.4, 0.5) is 5.82 Å². The number of aromatic nitrogens is 1. The zero-order valence-electron chi connectivity index (χ0n) is 12.8. The van der Waals surface area contributed by atoms with Gasteiger partial charge in [-0.15, -0.1) is 0 Å². The summed E-state index contributed by atoms with van der Waals surface area (Å²) in [6.07, 6.45) is 3.46. The summed E-state index contributed by atoms with van der Waals surface area (Å²) < 4.78 is 5.78. The highest BCUT2D eigenvalue weighted by molar-refractivity contribution is 6.14. The first-order valence-corrected chi connectivity index (χ1v) is 7.56. The lowest BCUT2D eigenvalue weighted by Crippen LogP contribution is -1.97. The molecule has 0 spiro atoms. The molecule has 0 saturated heterocycles. The molecule has 1 aliphatic heterocycles. The molecule has 0 aliphatic carbocycles. The minimum atomic E-state index is -0.101. The summed E-state index contributed by atoms with van der Waals surface area (Å²) in [6.45, 7) is 0. The Morgan fingerprint density at radius 1 is 0.958 bits per heavy atom. The smallest absolute Gasteiger partial charge is 0.231 e. The Morgan fingerprint density at radius 2 is 1.75 bits per heavy atom. The van der Waals surface area contributed by atoms with Crippen LogP contribution in [-0.4, -0.2) is 10.8 Å². The highest BCUT2D eigenvalue weighted by Crippen LogP contribution is 2.35. The number of nitrogens with zero attached hydrogens (tertiary/aromatic N) is 1. The number of rotatable bonds is 2. The van der Waals surface area contributed by atoms with Crippen LogP contribution in [0, 0.1) is 0 Å². The zero-order chi connectivity index (χ0) is 16.5. The molecule has 0 saturated carbocycles. The maximum Gasteiger partial charge on any atom is 0.231 e. The average Bonchev–Trinajstić information content (AvgIpc) is 2.92.